The van der Waals surface area contributed by atoms with E-state index in [-0.39, 0.29) is 5.19 Å². The molecular weight excluding hydrogens is 963 g/mol. The largest absolute Gasteiger partial charge is 0.309 e. The average molecular weight is 1050 g/mol. The van der Waals surface area contributed by atoms with Crippen LogP contribution in [0.15, 0.2) is 272 Å². The van der Waals surface area contributed by atoms with E-state index in [1.165, 1.54) is 18.2 Å². The first-order valence-electron chi connectivity index (χ1n) is 42.7. The van der Waals surface area contributed by atoms with Gasteiger partial charge >= 0.3 is 0 Å². The van der Waals surface area contributed by atoms with Crippen molar-refractivity contribution in [2.75, 3.05) is 0 Å². The second-order valence-electron chi connectivity index (χ2n) is 18.3. The number of aromatic nitrogens is 5. The highest BCUT2D eigenvalue weighted by atomic mass is 28.3. The van der Waals surface area contributed by atoms with Crippen LogP contribution in [-0.4, -0.2) is 32.2 Å². The van der Waals surface area contributed by atoms with E-state index < -0.39 is 348 Å². The van der Waals surface area contributed by atoms with Crippen LogP contribution in [0.2, 0.25) is 0 Å². The molecule has 1 atom stereocenters. The Labute approximate surface area is 507 Å². The van der Waals surface area contributed by atoms with Crippen LogP contribution < -0.4 is 20.7 Å². The van der Waals surface area contributed by atoms with Gasteiger partial charge in [0.1, 0.15) is 0 Å². The Kier molecular flexibility index (Phi) is 4.91. The van der Waals surface area contributed by atoms with Crippen molar-refractivity contribution in [1.82, 2.24) is 24.1 Å². The first kappa shape index (κ1) is 21.3. The molecule has 0 radical (unpaired) electrons. The molecule has 368 valence electrons. The van der Waals surface area contributed by atoms with Gasteiger partial charge in [0.25, 0.3) is 0 Å². The van der Waals surface area contributed by atoms with Gasteiger partial charge < -0.3 is 4.57 Å². The molecule has 0 aliphatic heterocycles. The molecule has 14 aromatic rings. The molecule has 78 heavy (non-hydrogen) atoms. The minimum atomic E-state index is -6.39. The number of fused-ring (bicyclic) bond motifs is 9. The van der Waals surface area contributed by atoms with Crippen molar-refractivity contribution in [3.8, 4) is 56.7 Å². The van der Waals surface area contributed by atoms with Crippen LogP contribution in [0.1, 0.15) is 77.1 Å². The van der Waals surface area contributed by atoms with E-state index >= 15 is 0 Å². The fraction of sp³-hybridized carbons (Fsp3) is 0.0417. The molecule has 11 aromatic carbocycles. The highest BCUT2D eigenvalue weighted by Gasteiger charge is 2.44. The van der Waals surface area contributed by atoms with E-state index in [0.29, 0.717) is 31.4 Å². The van der Waals surface area contributed by atoms with Gasteiger partial charge in [-0.2, -0.15) is 9.97 Å². The zero-order valence-electron chi connectivity index (χ0n) is 78.3. The maximum Gasteiger partial charge on any atom is 0.238 e. The molecule has 1 aliphatic carbocycles. The van der Waals surface area contributed by atoms with E-state index in [1.54, 1.807) is 38.1 Å². The van der Waals surface area contributed by atoms with Crippen LogP contribution in [0.3, 0.4) is 0 Å². The normalized spacial score (nSPS) is 20.3. The topological polar surface area (TPSA) is 48.5 Å². The summed E-state index contributed by atoms with van der Waals surface area (Å²) < 4.78 is 363. The van der Waals surface area contributed by atoms with E-state index in [2.05, 4.69) is 0 Å². The second kappa shape index (κ2) is 17.9. The number of nitrogens with zero attached hydrogens (tertiary/aromatic N) is 5. The van der Waals surface area contributed by atoms with Crippen LogP contribution in [0.25, 0.3) is 100 Å². The van der Waals surface area contributed by atoms with Crippen molar-refractivity contribution < 1.29 is 52.1 Å². The molecule has 15 rings (SSSR count). The Bertz CT molecular complexity index is 6780. The molecule has 0 amide bonds. The summed E-state index contributed by atoms with van der Waals surface area (Å²) in [5, 5.41) is -6.05. The Morgan fingerprint density at radius 2 is 0.859 bits per heavy atom. The lowest BCUT2D eigenvalue weighted by atomic mass is 9.82. The van der Waals surface area contributed by atoms with E-state index in [0.717, 1.165) is 0 Å². The van der Waals surface area contributed by atoms with Gasteiger partial charge in [-0.15, -0.1) is 0 Å². The van der Waals surface area contributed by atoms with Gasteiger partial charge in [-0.3, -0.25) is 4.57 Å². The van der Waals surface area contributed by atoms with Gasteiger partial charge in [-0.25, -0.2) is 4.98 Å². The van der Waals surface area contributed by atoms with Gasteiger partial charge in [0.15, 0.2) is 19.7 Å². The van der Waals surface area contributed by atoms with Crippen molar-refractivity contribution in [1.29, 1.82) is 0 Å². The van der Waals surface area contributed by atoms with Crippen LogP contribution in [0.5, 0.6) is 0 Å². The molecule has 5 nitrogen and oxygen atoms in total. The molecule has 0 saturated carbocycles. The minimum absolute atomic E-state index is 0.334. The highest BCUT2D eigenvalue weighted by Crippen LogP contribution is 2.48. The lowest BCUT2D eigenvalue weighted by Crippen LogP contribution is -2.74. The molecule has 0 spiro atoms. The molecule has 3 heterocycles. The third-order valence-corrected chi connectivity index (χ3v) is 18.0. The predicted molar refractivity (Wildman–Crippen MR) is 326 cm³/mol. The van der Waals surface area contributed by atoms with Crippen molar-refractivity contribution in [3.63, 3.8) is 0 Å². The first-order valence-corrected chi connectivity index (χ1v) is 25.7. The third kappa shape index (κ3) is 6.96. The van der Waals surface area contributed by atoms with Gasteiger partial charge in [0.05, 0.1) is 79.8 Å². The maximum absolute atomic E-state index is 11.2. The Balaban J connectivity index is 1.23. The average Bonchev–Trinajstić information content (AvgIpc) is 0.725. The third-order valence-electron chi connectivity index (χ3n) is 13.9. The van der Waals surface area contributed by atoms with Crippen molar-refractivity contribution in [2.45, 2.75) is 19.3 Å². The summed E-state index contributed by atoms with van der Waals surface area (Å²) in [6.45, 7) is 3.55. The smallest absolute Gasteiger partial charge is 0.238 e. The molecule has 1 aliphatic rings. The molecular formula is C72H51N5Si. The highest BCUT2D eigenvalue weighted by molar-refractivity contribution is 7.20. The molecule has 3 aromatic heterocycles. The number of rotatable bonds is 9. The summed E-state index contributed by atoms with van der Waals surface area (Å²) in [5.41, 5.74) is -7.42. The number of hydrogen-bond donors (Lipinski definition) is 0. The summed E-state index contributed by atoms with van der Waals surface area (Å²) in [5.74, 6) is -3.60. The molecule has 0 N–H and O–H groups in total. The van der Waals surface area contributed by atoms with Gasteiger partial charge in [-0.05, 0) is 90.4 Å². The zero-order valence-corrected chi connectivity index (χ0v) is 41.3. The summed E-state index contributed by atoms with van der Waals surface area (Å²) >= 11 is 0. The molecule has 0 bridgehead atoms. The van der Waals surface area contributed by atoms with Gasteiger partial charge in [0.2, 0.25) is 5.95 Å². The fourth-order valence-electron chi connectivity index (χ4n) is 10.4. The quantitative estimate of drug-likeness (QED) is 0.107. The Hall–Kier alpha value is -9.75. The van der Waals surface area contributed by atoms with Crippen LogP contribution in [-0.2, 0) is 5.41 Å². The van der Waals surface area contributed by atoms with E-state index in [1.807, 2.05) is 0 Å². The van der Waals surface area contributed by atoms with Crippen molar-refractivity contribution in [3.05, 3.63) is 283 Å². The summed E-state index contributed by atoms with van der Waals surface area (Å²) in [4.78, 5) is 14.2. The van der Waals surface area contributed by atoms with Gasteiger partial charge in [-0.1, -0.05) is 250 Å². The van der Waals surface area contributed by atoms with E-state index in [9.17, 15) is 35.6 Å². The van der Waals surface area contributed by atoms with Crippen LogP contribution in [0.4, 0.5) is 0 Å². The lowest BCUT2D eigenvalue weighted by Gasteiger charge is -2.36. The molecule has 0 fully saturated rings. The summed E-state index contributed by atoms with van der Waals surface area (Å²) in [6, 6.07) is -30.6. The van der Waals surface area contributed by atoms with Crippen LogP contribution >= 0.6 is 0 Å². The zero-order chi connectivity index (χ0) is 85.0. The summed E-state index contributed by atoms with van der Waals surface area (Å²) in [6.07, 6.45) is 0. The maximum atomic E-state index is 11.2. The second-order valence-corrected chi connectivity index (χ2v) is 21.8. The van der Waals surface area contributed by atoms with E-state index in [4.69, 9.17) is 31.4 Å². The minimum Gasteiger partial charge on any atom is -0.309 e. The van der Waals surface area contributed by atoms with Crippen molar-refractivity contribution >= 4 is 72.4 Å². The SMILES string of the molecule is [2H]c1c([2H])c([2H])c(-c2c([2H])c([2H])c([2H])c([Si](c3ccc4c(c3)C(C)(C)c3ccccc3-4)(c3c([2H])c([2H])c([2H])c([2H])c3[2H])c3c([2H])c([2H])c([2H])c(-c4nc(-c5c([2H])c([2H])c([2H])c([2H])c5-n5c6c([2H])c([2H])c([2H])c([2H])c6c6c([2H])c([2H])c([2H])c([2H])c65)nc(-n5c6c([2H])c([2H])c([2H])c([2H])c6c6c([2H])c([2H])c([2H])c([2H])c65)n4)c3[2H])c2[2H])c([2H])c1[2H]. The predicted octanol–water partition coefficient (Wildman–Crippen LogP) is 14.8. The molecule has 6 heteroatoms. The summed E-state index contributed by atoms with van der Waals surface area (Å²) in [7, 11) is -6.39. The van der Waals surface area contributed by atoms with Crippen LogP contribution in [0, 0.1) is 0 Å². The monoisotopic (exact) mass is 1050 g/mol. The van der Waals surface area contributed by atoms with Crippen molar-refractivity contribution in [2.24, 2.45) is 0 Å². The standard InChI is InChI=1S/C72H51N5Si/c1-72(2)62-37-15-9-31-55(62)56-44-43-54(47-63(56)72)78(51-27-7-4-8-28-51,52-29-21-25-49(45-52)48-23-5-3-6-24-48)53-30-22-26-50(46-53)69-73-70(75-71(74-69)77-66-40-18-12-34-59(66)60-35-13-19-41-67(60)77)61-36-14-20-42-68(61)76-64-38-16-10-32-57(64)58-33-11-17-39-65(58)76/h3-47H,1-2H3/i3D,4D,5D,6D,7D,8D,10D,11D,12D,13D,14D,16D,17D,18D,19D,20D,21D,22D,23D,24D,25D,26D,27D,28D,29D,30D,32D,33D,34D,35D,36D,38D,39D,40D,41D,42D,45D,46D. The molecule has 0 saturated heterocycles. The Morgan fingerprint density at radius 3 is 1.51 bits per heavy atom. The first-order chi connectivity index (χ1) is 54.2. The molecule has 1 unspecified atom stereocenters. The Morgan fingerprint density at radius 1 is 0.372 bits per heavy atom. The number of benzene rings is 11. The van der Waals surface area contributed by atoms with Gasteiger partial charge in [0, 0.05) is 38.1 Å². The fourth-order valence-corrected chi connectivity index (χ4v) is 14.4. The lowest BCUT2D eigenvalue weighted by molar-refractivity contribution is 0.661. The number of para-hydroxylation sites is 5. The number of hydrogen-bond acceptors (Lipinski definition) is 3.